The Balaban J connectivity index is 1.79. The Morgan fingerprint density at radius 2 is 2.17 bits per heavy atom. The topological polar surface area (TPSA) is 72.3 Å². The number of ether oxygens (including phenoxy) is 1. The van der Waals surface area contributed by atoms with E-state index in [-0.39, 0.29) is 18.2 Å². The van der Waals surface area contributed by atoms with Gasteiger partial charge in [-0.1, -0.05) is 0 Å². The molecule has 7 nitrogen and oxygen atoms in total. The molecular formula is C16H21N5O2. The van der Waals surface area contributed by atoms with Gasteiger partial charge in [-0.15, -0.1) is 0 Å². The van der Waals surface area contributed by atoms with Crippen LogP contribution in [-0.4, -0.2) is 51.0 Å². The molecule has 23 heavy (non-hydrogen) atoms. The Labute approximate surface area is 135 Å². The summed E-state index contributed by atoms with van der Waals surface area (Å²) in [4.78, 5) is 18.7. The predicted octanol–water partition coefficient (Wildman–Crippen LogP) is 2.22. The molecule has 122 valence electrons. The number of urea groups is 1. The number of hydrogen-bond acceptors (Lipinski definition) is 4. The zero-order chi connectivity index (χ0) is 16.4. The first-order valence-electron chi connectivity index (χ1n) is 7.71. The maximum absolute atomic E-state index is 12.6. The number of nitrogens with zero attached hydrogens (tertiary/aromatic N) is 4. The zero-order valence-corrected chi connectivity index (χ0v) is 13.6. The highest BCUT2D eigenvalue weighted by atomic mass is 16.5. The number of amides is 2. The van der Waals surface area contributed by atoms with Gasteiger partial charge in [0.1, 0.15) is 5.82 Å². The van der Waals surface area contributed by atoms with Crippen LogP contribution in [0.3, 0.4) is 0 Å². The Morgan fingerprint density at radius 1 is 1.35 bits per heavy atom. The van der Waals surface area contributed by atoms with E-state index in [1.54, 1.807) is 28.0 Å². The summed E-state index contributed by atoms with van der Waals surface area (Å²) in [6, 6.07) is 5.49. The second kappa shape index (κ2) is 6.37. The lowest BCUT2D eigenvalue weighted by atomic mass is 10.2. The van der Waals surface area contributed by atoms with Gasteiger partial charge in [-0.25, -0.2) is 9.78 Å². The molecular weight excluding hydrogens is 294 g/mol. The van der Waals surface area contributed by atoms with E-state index < -0.39 is 0 Å². The van der Waals surface area contributed by atoms with Crippen molar-refractivity contribution in [2.75, 3.05) is 18.5 Å². The van der Waals surface area contributed by atoms with E-state index in [1.165, 1.54) is 0 Å². The van der Waals surface area contributed by atoms with Crippen LogP contribution in [0.5, 0.6) is 0 Å². The quantitative estimate of drug-likeness (QED) is 0.922. The minimum Gasteiger partial charge on any atom is -0.375 e. The molecule has 0 aromatic carbocycles. The van der Waals surface area contributed by atoms with Gasteiger partial charge in [0.2, 0.25) is 0 Å². The van der Waals surface area contributed by atoms with Crippen molar-refractivity contribution in [1.29, 1.82) is 0 Å². The second-order valence-electron chi connectivity index (χ2n) is 5.90. The number of carbonyl (C=O) groups excluding carboxylic acids is 1. The lowest BCUT2D eigenvalue weighted by molar-refractivity contribution is -0.0296. The summed E-state index contributed by atoms with van der Waals surface area (Å²) in [5, 5.41) is 7.18. The first kappa shape index (κ1) is 15.5. The highest BCUT2D eigenvalue weighted by molar-refractivity contribution is 5.89. The van der Waals surface area contributed by atoms with Gasteiger partial charge in [-0.3, -0.25) is 5.32 Å². The van der Waals surface area contributed by atoms with Crippen molar-refractivity contribution < 1.29 is 9.53 Å². The molecule has 0 saturated carbocycles. The number of nitrogens with one attached hydrogen (secondary N) is 1. The van der Waals surface area contributed by atoms with E-state index in [4.69, 9.17) is 4.74 Å². The van der Waals surface area contributed by atoms with Crippen LogP contribution in [0.2, 0.25) is 0 Å². The van der Waals surface area contributed by atoms with E-state index in [0.717, 1.165) is 5.56 Å². The molecule has 1 fully saturated rings. The van der Waals surface area contributed by atoms with Gasteiger partial charge < -0.3 is 9.64 Å². The summed E-state index contributed by atoms with van der Waals surface area (Å²) >= 11 is 0. The van der Waals surface area contributed by atoms with Crippen molar-refractivity contribution in [2.45, 2.75) is 32.9 Å². The average Bonchev–Trinajstić information content (AvgIpc) is 2.97. The first-order chi connectivity index (χ1) is 11.0. The molecule has 7 heteroatoms. The third kappa shape index (κ3) is 3.34. The molecule has 0 spiro atoms. The average molecular weight is 315 g/mol. The van der Waals surface area contributed by atoms with E-state index in [9.17, 15) is 4.79 Å². The number of aromatic nitrogens is 3. The van der Waals surface area contributed by atoms with Crippen LogP contribution in [0.15, 0.2) is 30.6 Å². The fourth-order valence-corrected chi connectivity index (χ4v) is 2.58. The molecule has 2 atom stereocenters. The molecule has 0 aliphatic carbocycles. The number of hydrogen-bond donors (Lipinski definition) is 1. The number of aryl methyl sites for hydroxylation is 1. The van der Waals surface area contributed by atoms with Crippen LogP contribution < -0.4 is 5.32 Å². The lowest BCUT2D eigenvalue weighted by Gasteiger charge is -2.36. The minimum atomic E-state index is -0.151. The standard InChI is InChI=1S/C16H21N5O2/c1-11-4-6-17-15(8-11)21-14(5-7-18-21)19-16(22)20-9-13(3)23-10-12(20)2/h4-8,12-13H,9-10H2,1-3H3,(H,19,22)/t12-,13+/m0/s1. The van der Waals surface area contributed by atoms with Gasteiger partial charge in [-0.05, 0) is 38.5 Å². The summed E-state index contributed by atoms with van der Waals surface area (Å²) in [7, 11) is 0. The number of morpholine rings is 1. The number of anilines is 1. The monoisotopic (exact) mass is 315 g/mol. The van der Waals surface area contributed by atoms with Crippen LogP contribution in [-0.2, 0) is 4.74 Å². The molecule has 1 aliphatic heterocycles. The molecule has 1 N–H and O–H groups in total. The fourth-order valence-electron chi connectivity index (χ4n) is 2.58. The molecule has 3 rings (SSSR count). The van der Waals surface area contributed by atoms with Crippen LogP contribution in [0.4, 0.5) is 10.6 Å². The van der Waals surface area contributed by atoms with Crippen LogP contribution in [0.25, 0.3) is 5.82 Å². The van der Waals surface area contributed by atoms with Crippen LogP contribution >= 0.6 is 0 Å². The molecule has 2 aromatic heterocycles. The molecule has 2 amide bonds. The van der Waals surface area contributed by atoms with Gasteiger partial charge in [-0.2, -0.15) is 9.78 Å². The molecule has 2 aromatic rings. The first-order valence-corrected chi connectivity index (χ1v) is 7.71. The number of carbonyl (C=O) groups is 1. The minimum absolute atomic E-state index is 0.0414. The zero-order valence-electron chi connectivity index (χ0n) is 13.6. The summed E-state index contributed by atoms with van der Waals surface area (Å²) in [6.45, 7) is 7.05. The van der Waals surface area contributed by atoms with Gasteiger partial charge in [0, 0.05) is 18.8 Å². The van der Waals surface area contributed by atoms with Crippen molar-refractivity contribution in [3.8, 4) is 5.82 Å². The normalized spacial score (nSPS) is 21.3. The van der Waals surface area contributed by atoms with Crippen molar-refractivity contribution >= 4 is 11.8 Å². The Hall–Kier alpha value is -2.41. The van der Waals surface area contributed by atoms with E-state index in [0.29, 0.717) is 24.8 Å². The fraction of sp³-hybridized carbons (Fsp3) is 0.438. The van der Waals surface area contributed by atoms with Crippen molar-refractivity contribution in [3.05, 3.63) is 36.2 Å². The Bertz CT molecular complexity index is 699. The molecule has 0 unspecified atom stereocenters. The molecule has 0 radical (unpaired) electrons. The van der Waals surface area contributed by atoms with Gasteiger partial charge in [0.15, 0.2) is 5.82 Å². The lowest BCUT2D eigenvalue weighted by Crippen LogP contribution is -2.51. The molecule has 1 aliphatic rings. The Kier molecular flexibility index (Phi) is 4.29. The third-order valence-corrected chi connectivity index (χ3v) is 3.86. The highest BCUT2D eigenvalue weighted by Crippen LogP contribution is 2.17. The highest BCUT2D eigenvalue weighted by Gasteiger charge is 2.28. The maximum atomic E-state index is 12.6. The van der Waals surface area contributed by atoms with Crippen molar-refractivity contribution in [1.82, 2.24) is 19.7 Å². The Morgan fingerprint density at radius 3 is 2.96 bits per heavy atom. The summed E-state index contributed by atoms with van der Waals surface area (Å²) < 4.78 is 7.19. The van der Waals surface area contributed by atoms with Crippen molar-refractivity contribution in [2.24, 2.45) is 0 Å². The number of pyridine rings is 1. The summed E-state index contributed by atoms with van der Waals surface area (Å²) in [6.07, 6.45) is 3.41. The van der Waals surface area contributed by atoms with Gasteiger partial charge >= 0.3 is 6.03 Å². The van der Waals surface area contributed by atoms with E-state index in [1.807, 2.05) is 32.9 Å². The second-order valence-corrected chi connectivity index (χ2v) is 5.90. The molecule has 1 saturated heterocycles. The number of rotatable bonds is 2. The van der Waals surface area contributed by atoms with Gasteiger partial charge in [0.25, 0.3) is 0 Å². The van der Waals surface area contributed by atoms with Gasteiger partial charge in [0.05, 0.1) is 24.9 Å². The van der Waals surface area contributed by atoms with E-state index in [2.05, 4.69) is 15.4 Å². The van der Waals surface area contributed by atoms with Crippen LogP contribution in [0.1, 0.15) is 19.4 Å². The maximum Gasteiger partial charge on any atom is 0.323 e. The molecule has 0 bridgehead atoms. The smallest absolute Gasteiger partial charge is 0.323 e. The van der Waals surface area contributed by atoms with Crippen molar-refractivity contribution in [3.63, 3.8) is 0 Å². The van der Waals surface area contributed by atoms with E-state index >= 15 is 0 Å². The third-order valence-electron chi connectivity index (χ3n) is 3.86. The van der Waals surface area contributed by atoms with Crippen LogP contribution in [0, 0.1) is 6.92 Å². The predicted molar refractivity (Wildman–Crippen MR) is 86.7 cm³/mol. The largest absolute Gasteiger partial charge is 0.375 e. The summed E-state index contributed by atoms with van der Waals surface area (Å²) in [5.74, 6) is 1.27. The summed E-state index contributed by atoms with van der Waals surface area (Å²) in [5.41, 5.74) is 1.08. The molecule has 3 heterocycles. The SMILES string of the molecule is Cc1ccnc(-n2nccc2NC(=O)N2C[C@@H](C)OC[C@@H]2C)c1.